The van der Waals surface area contributed by atoms with Crippen molar-refractivity contribution < 1.29 is 0 Å². The summed E-state index contributed by atoms with van der Waals surface area (Å²) in [6.45, 7) is 5.56. The van der Waals surface area contributed by atoms with Crippen molar-refractivity contribution in [2.24, 2.45) is 11.8 Å². The Kier molecular flexibility index (Phi) is 3.81. The first kappa shape index (κ1) is 12.1. The van der Waals surface area contributed by atoms with E-state index in [2.05, 4.69) is 31.3 Å². The molecular weight excluding hydrogens is 208 g/mol. The maximum Gasteiger partial charge on any atom is 0.0991 e. The van der Waals surface area contributed by atoms with Crippen LogP contribution in [-0.4, -0.2) is 6.54 Å². The van der Waals surface area contributed by atoms with Crippen LogP contribution in [0.3, 0.4) is 0 Å². The second-order valence-corrected chi connectivity index (χ2v) is 5.18. The molecule has 90 valence electrons. The van der Waals surface area contributed by atoms with Gasteiger partial charge in [0.1, 0.15) is 0 Å². The maximum absolute atomic E-state index is 8.87. The van der Waals surface area contributed by atoms with Crippen LogP contribution in [0, 0.1) is 23.2 Å². The molecule has 0 saturated heterocycles. The fourth-order valence-electron chi connectivity index (χ4n) is 2.19. The lowest BCUT2D eigenvalue weighted by molar-refractivity contribution is 0.432. The van der Waals surface area contributed by atoms with Gasteiger partial charge in [0.15, 0.2) is 0 Å². The van der Waals surface area contributed by atoms with Crippen LogP contribution in [0.25, 0.3) is 0 Å². The molecule has 0 heterocycles. The Bertz CT molecular complexity index is 415. The molecule has 1 aromatic carbocycles. The first-order chi connectivity index (χ1) is 8.20. The Morgan fingerprint density at radius 3 is 2.82 bits per heavy atom. The van der Waals surface area contributed by atoms with Crippen LogP contribution in [0.4, 0.5) is 0 Å². The van der Waals surface area contributed by atoms with E-state index in [1.807, 2.05) is 18.2 Å². The Hall–Kier alpha value is -1.33. The normalized spacial score (nSPS) is 18.4. The number of benzene rings is 1. The zero-order valence-corrected chi connectivity index (χ0v) is 10.6. The van der Waals surface area contributed by atoms with Gasteiger partial charge in [0, 0.05) is 6.04 Å². The predicted molar refractivity (Wildman–Crippen MR) is 69.5 cm³/mol. The molecule has 2 heteroatoms. The zero-order chi connectivity index (χ0) is 12.3. The molecule has 1 N–H and O–H groups in total. The SMILES string of the molecule is CC(NCC(C)C1CC1)c1cccc(C#N)c1. The molecule has 2 rings (SSSR count). The van der Waals surface area contributed by atoms with Crippen LogP contribution in [0.15, 0.2) is 24.3 Å². The molecular formula is C15H20N2. The lowest BCUT2D eigenvalue weighted by atomic mass is 10.0. The number of nitriles is 1. The van der Waals surface area contributed by atoms with E-state index in [0.717, 1.165) is 23.9 Å². The molecule has 0 amide bonds. The van der Waals surface area contributed by atoms with Crippen LogP contribution < -0.4 is 5.32 Å². The Morgan fingerprint density at radius 2 is 2.18 bits per heavy atom. The first-order valence-electron chi connectivity index (χ1n) is 6.44. The van der Waals surface area contributed by atoms with Crippen LogP contribution in [0.2, 0.25) is 0 Å². The summed E-state index contributed by atoms with van der Waals surface area (Å²) in [5.74, 6) is 1.72. The number of hydrogen-bond donors (Lipinski definition) is 1. The van der Waals surface area contributed by atoms with E-state index in [4.69, 9.17) is 5.26 Å². The molecule has 2 atom stereocenters. The van der Waals surface area contributed by atoms with Gasteiger partial charge in [0.25, 0.3) is 0 Å². The van der Waals surface area contributed by atoms with E-state index < -0.39 is 0 Å². The van der Waals surface area contributed by atoms with Crippen molar-refractivity contribution in [2.75, 3.05) is 6.54 Å². The summed E-state index contributed by atoms with van der Waals surface area (Å²) < 4.78 is 0. The molecule has 1 aromatic rings. The van der Waals surface area contributed by atoms with Crippen LogP contribution in [0.1, 0.15) is 43.9 Å². The second-order valence-electron chi connectivity index (χ2n) is 5.18. The molecule has 0 aliphatic heterocycles. The molecule has 1 fully saturated rings. The standard InChI is InChI=1S/C15H20N2/c1-11(14-6-7-14)10-17-12(2)15-5-3-4-13(8-15)9-16/h3-5,8,11-12,14,17H,6-7,10H2,1-2H3. The van der Waals surface area contributed by atoms with Gasteiger partial charge in [-0.15, -0.1) is 0 Å². The summed E-state index contributed by atoms with van der Waals surface area (Å²) in [5, 5.41) is 12.4. The summed E-state index contributed by atoms with van der Waals surface area (Å²) in [5.41, 5.74) is 1.94. The fraction of sp³-hybridized carbons (Fsp3) is 0.533. The summed E-state index contributed by atoms with van der Waals surface area (Å²) >= 11 is 0. The van der Waals surface area contributed by atoms with Gasteiger partial charge in [0.2, 0.25) is 0 Å². The highest BCUT2D eigenvalue weighted by atomic mass is 14.9. The number of nitrogens with zero attached hydrogens (tertiary/aromatic N) is 1. The monoisotopic (exact) mass is 228 g/mol. The fourth-order valence-corrected chi connectivity index (χ4v) is 2.19. The molecule has 1 saturated carbocycles. The second kappa shape index (κ2) is 5.33. The number of hydrogen-bond acceptors (Lipinski definition) is 2. The first-order valence-corrected chi connectivity index (χ1v) is 6.44. The Balaban J connectivity index is 1.89. The largest absolute Gasteiger partial charge is 0.310 e. The van der Waals surface area contributed by atoms with Crippen LogP contribution >= 0.6 is 0 Å². The molecule has 0 radical (unpaired) electrons. The van der Waals surface area contributed by atoms with E-state index in [1.54, 1.807) is 0 Å². The molecule has 17 heavy (non-hydrogen) atoms. The van der Waals surface area contributed by atoms with E-state index in [0.29, 0.717) is 6.04 Å². The minimum Gasteiger partial charge on any atom is -0.310 e. The topological polar surface area (TPSA) is 35.8 Å². The number of rotatable bonds is 5. The highest BCUT2D eigenvalue weighted by Crippen LogP contribution is 2.36. The third-order valence-electron chi connectivity index (χ3n) is 3.69. The zero-order valence-electron chi connectivity index (χ0n) is 10.6. The molecule has 2 unspecified atom stereocenters. The van der Waals surface area contributed by atoms with Crippen molar-refractivity contribution in [1.82, 2.24) is 5.32 Å². The summed E-state index contributed by atoms with van der Waals surface area (Å²) in [6, 6.07) is 10.4. The van der Waals surface area contributed by atoms with Crippen molar-refractivity contribution >= 4 is 0 Å². The van der Waals surface area contributed by atoms with Crippen molar-refractivity contribution in [3.05, 3.63) is 35.4 Å². The van der Waals surface area contributed by atoms with Gasteiger partial charge in [-0.25, -0.2) is 0 Å². The Morgan fingerprint density at radius 1 is 1.41 bits per heavy atom. The van der Waals surface area contributed by atoms with Crippen molar-refractivity contribution in [1.29, 1.82) is 5.26 Å². The maximum atomic E-state index is 8.87. The minimum absolute atomic E-state index is 0.324. The summed E-state index contributed by atoms with van der Waals surface area (Å²) in [4.78, 5) is 0. The molecule has 1 aliphatic carbocycles. The number of nitrogens with one attached hydrogen (secondary N) is 1. The summed E-state index contributed by atoms with van der Waals surface area (Å²) in [6.07, 6.45) is 2.81. The smallest absolute Gasteiger partial charge is 0.0991 e. The predicted octanol–water partition coefficient (Wildman–Crippen LogP) is 3.25. The van der Waals surface area contributed by atoms with Gasteiger partial charge in [-0.2, -0.15) is 5.26 Å². The summed E-state index contributed by atoms with van der Waals surface area (Å²) in [7, 11) is 0. The van der Waals surface area contributed by atoms with Crippen molar-refractivity contribution in [3.8, 4) is 6.07 Å². The van der Waals surface area contributed by atoms with Crippen LogP contribution in [-0.2, 0) is 0 Å². The van der Waals surface area contributed by atoms with E-state index >= 15 is 0 Å². The highest BCUT2D eigenvalue weighted by Gasteiger charge is 2.27. The van der Waals surface area contributed by atoms with E-state index in [1.165, 1.54) is 18.4 Å². The lowest BCUT2D eigenvalue weighted by Gasteiger charge is -2.18. The lowest BCUT2D eigenvalue weighted by Crippen LogP contribution is -2.25. The minimum atomic E-state index is 0.324. The van der Waals surface area contributed by atoms with E-state index in [9.17, 15) is 0 Å². The quantitative estimate of drug-likeness (QED) is 0.839. The van der Waals surface area contributed by atoms with Crippen molar-refractivity contribution in [3.63, 3.8) is 0 Å². The van der Waals surface area contributed by atoms with Gasteiger partial charge in [-0.05, 0) is 55.8 Å². The van der Waals surface area contributed by atoms with Crippen LogP contribution in [0.5, 0.6) is 0 Å². The Labute approximate surface area is 104 Å². The molecule has 0 spiro atoms. The van der Waals surface area contributed by atoms with Gasteiger partial charge >= 0.3 is 0 Å². The molecule has 0 bridgehead atoms. The van der Waals surface area contributed by atoms with E-state index in [-0.39, 0.29) is 0 Å². The molecule has 2 nitrogen and oxygen atoms in total. The molecule has 1 aliphatic rings. The average molecular weight is 228 g/mol. The van der Waals surface area contributed by atoms with Gasteiger partial charge < -0.3 is 5.32 Å². The third kappa shape index (κ3) is 3.31. The van der Waals surface area contributed by atoms with Gasteiger partial charge in [-0.1, -0.05) is 19.1 Å². The van der Waals surface area contributed by atoms with Gasteiger partial charge in [-0.3, -0.25) is 0 Å². The highest BCUT2D eigenvalue weighted by molar-refractivity contribution is 5.33. The molecule has 0 aromatic heterocycles. The average Bonchev–Trinajstić information content (AvgIpc) is 3.19. The van der Waals surface area contributed by atoms with Gasteiger partial charge in [0.05, 0.1) is 11.6 Å². The third-order valence-corrected chi connectivity index (χ3v) is 3.69. The van der Waals surface area contributed by atoms with Crippen molar-refractivity contribution in [2.45, 2.75) is 32.7 Å².